The van der Waals surface area contributed by atoms with Gasteiger partial charge in [0.2, 0.25) is 10.0 Å². The van der Waals surface area contributed by atoms with Gasteiger partial charge in [0.15, 0.2) is 0 Å². The van der Waals surface area contributed by atoms with Crippen LogP contribution in [0.25, 0.3) is 0 Å². The third-order valence-corrected chi connectivity index (χ3v) is 6.05. The number of benzene rings is 2. The summed E-state index contributed by atoms with van der Waals surface area (Å²) in [7, 11) is -4.29. The third kappa shape index (κ3) is 3.62. The van der Waals surface area contributed by atoms with E-state index in [1.54, 1.807) is 6.92 Å². The van der Waals surface area contributed by atoms with Crippen molar-refractivity contribution in [3.63, 3.8) is 0 Å². The van der Waals surface area contributed by atoms with Crippen molar-refractivity contribution >= 4 is 10.0 Å². The minimum atomic E-state index is -4.29. The molecule has 0 amide bonds. The van der Waals surface area contributed by atoms with Gasteiger partial charge in [-0.25, -0.2) is 26.3 Å². The minimum absolute atomic E-state index is 0.0128. The van der Waals surface area contributed by atoms with Crippen molar-refractivity contribution in [2.24, 2.45) is 0 Å². The molecule has 1 saturated heterocycles. The maximum absolute atomic E-state index is 14.4. The predicted molar refractivity (Wildman–Crippen MR) is 89.5 cm³/mol. The van der Waals surface area contributed by atoms with Crippen LogP contribution in [0, 0.1) is 24.4 Å². The number of halogens is 3. The Morgan fingerprint density at radius 3 is 2.35 bits per heavy atom. The standard InChI is InChI=1S/C18H18F3NO3S/c1-12-2-5-15(20)17(10-12)26(23,24)22-18(6-8-25-9-7-18)14-4-3-13(19)11-16(14)21/h2-5,10-11,22H,6-9H2,1H3. The Kier molecular flexibility index (Phi) is 5.09. The van der Waals surface area contributed by atoms with Crippen LogP contribution in [0.15, 0.2) is 41.3 Å². The smallest absolute Gasteiger partial charge is 0.244 e. The normalized spacial score (nSPS) is 17.2. The van der Waals surface area contributed by atoms with E-state index in [1.807, 2.05) is 0 Å². The monoisotopic (exact) mass is 385 g/mol. The average molecular weight is 385 g/mol. The van der Waals surface area contributed by atoms with Crippen LogP contribution in [-0.2, 0) is 20.3 Å². The molecule has 4 nitrogen and oxygen atoms in total. The summed E-state index contributed by atoms with van der Waals surface area (Å²) in [5.41, 5.74) is -0.759. The molecular weight excluding hydrogens is 367 g/mol. The molecule has 0 radical (unpaired) electrons. The number of rotatable bonds is 4. The summed E-state index contributed by atoms with van der Waals surface area (Å²) in [6.45, 7) is 2.02. The number of hydrogen-bond donors (Lipinski definition) is 1. The lowest BCUT2D eigenvalue weighted by Crippen LogP contribution is -2.50. The molecule has 0 saturated carbocycles. The van der Waals surface area contributed by atoms with Gasteiger partial charge in [-0.2, -0.15) is 0 Å². The van der Waals surface area contributed by atoms with Crippen molar-refractivity contribution in [3.8, 4) is 0 Å². The summed E-state index contributed by atoms with van der Waals surface area (Å²) >= 11 is 0. The average Bonchev–Trinajstić information content (AvgIpc) is 2.57. The first-order chi connectivity index (χ1) is 12.2. The highest BCUT2D eigenvalue weighted by molar-refractivity contribution is 7.89. The van der Waals surface area contributed by atoms with Crippen molar-refractivity contribution in [2.75, 3.05) is 13.2 Å². The Morgan fingerprint density at radius 1 is 1.00 bits per heavy atom. The fourth-order valence-corrected chi connectivity index (χ4v) is 4.76. The second kappa shape index (κ2) is 7.02. The quantitative estimate of drug-likeness (QED) is 0.878. The molecule has 8 heteroatoms. The third-order valence-electron chi connectivity index (χ3n) is 4.50. The first-order valence-electron chi connectivity index (χ1n) is 8.07. The molecule has 1 fully saturated rings. The van der Waals surface area contributed by atoms with Crippen LogP contribution in [0.2, 0.25) is 0 Å². The van der Waals surface area contributed by atoms with E-state index in [-0.39, 0.29) is 31.6 Å². The van der Waals surface area contributed by atoms with Gasteiger partial charge < -0.3 is 4.74 Å². The summed E-state index contributed by atoms with van der Waals surface area (Å²) in [6, 6.07) is 6.72. The van der Waals surface area contributed by atoms with Crippen LogP contribution in [0.3, 0.4) is 0 Å². The first-order valence-corrected chi connectivity index (χ1v) is 9.55. The molecule has 0 spiro atoms. The molecule has 26 heavy (non-hydrogen) atoms. The molecule has 1 heterocycles. The fourth-order valence-electron chi connectivity index (χ4n) is 3.15. The Labute approximate surface area is 150 Å². The summed E-state index contributed by atoms with van der Waals surface area (Å²) in [5, 5.41) is 0. The van der Waals surface area contributed by atoms with Crippen molar-refractivity contribution in [2.45, 2.75) is 30.2 Å². The SMILES string of the molecule is Cc1ccc(F)c(S(=O)(=O)NC2(c3ccc(F)cc3F)CCOCC2)c1. The van der Waals surface area contributed by atoms with Crippen LogP contribution in [0.5, 0.6) is 0 Å². The number of hydrogen-bond acceptors (Lipinski definition) is 3. The van der Waals surface area contributed by atoms with Gasteiger partial charge in [0.1, 0.15) is 22.3 Å². The van der Waals surface area contributed by atoms with Crippen molar-refractivity contribution in [1.29, 1.82) is 0 Å². The van der Waals surface area contributed by atoms with E-state index in [9.17, 15) is 21.6 Å². The van der Waals surface area contributed by atoms with Gasteiger partial charge in [-0.15, -0.1) is 0 Å². The topological polar surface area (TPSA) is 55.4 Å². The Balaban J connectivity index is 2.08. The molecule has 2 aromatic rings. The summed E-state index contributed by atoms with van der Waals surface area (Å²) in [6.07, 6.45) is 0.282. The van der Waals surface area contributed by atoms with Crippen LogP contribution >= 0.6 is 0 Å². The molecule has 0 unspecified atom stereocenters. The van der Waals surface area contributed by atoms with Gasteiger partial charge in [-0.1, -0.05) is 12.1 Å². The van der Waals surface area contributed by atoms with E-state index in [2.05, 4.69) is 4.72 Å². The van der Waals surface area contributed by atoms with Gasteiger partial charge in [0.05, 0.1) is 5.54 Å². The molecule has 0 aromatic heterocycles. The number of aryl methyl sites for hydroxylation is 1. The second-order valence-corrected chi connectivity index (χ2v) is 8.01. The van der Waals surface area contributed by atoms with Crippen LogP contribution < -0.4 is 4.72 Å². The summed E-state index contributed by atoms with van der Waals surface area (Å²) in [5.74, 6) is -2.52. The van der Waals surface area contributed by atoms with Crippen LogP contribution in [0.4, 0.5) is 13.2 Å². The van der Waals surface area contributed by atoms with Crippen molar-refractivity contribution in [1.82, 2.24) is 4.72 Å². The van der Waals surface area contributed by atoms with E-state index in [0.717, 1.165) is 12.1 Å². The Bertz CT molecular complexity index is 925. The first kappa shape index (κ1) is 18.9. The predicted octanol–water partition coefficient (Wildman–Crippen LogP) is 3.40. The highest BCUT2D eigenvalue weighted by Crippen LogP contribution is 2.36. The molecule has 140 valence electrons. The van der Waals surface area contributed by atoms with Gasteiger partial charge in [0, 0.05) is 24.8 Å². The van der Waals surface area contributed by atoms with E-state index >= 15 is 0 Å². The lowest BCUT2D eigenvalue weighted by atomic mass is 9.83. The summed E-state index contributed by atoms with van der Waals surface area (Å²) < 4.78 is 75.2. The zero-order valence-corrected chi connectivity index (χ0v) is 14.9. The maximum Gasteiger partial charge on any atom is 0.244 e. The minimum Gasteiger partial charge on any atom is -0.381 e. The van der Waals surface area contributed by atoms with Crippen molar-refractivity contribution < 1.29 is 26.3 Å². The second-order valence-electron chi connectivity index (χ2n) is 6.36. The van der Waals surface area contributed by atoms with E-state index in [4.69, 9.17) is 4.74 Å². The lowest BCUT2D eigenvalue weighted by molar-refractivity contribution is 0.0446. The molecule has 0 atom stereocenters. The Morgan fingerprint density at radius 2 is 1.69 bits per heavy atom. The van der Waals surface area contributed by atoms with Gasteiger partial charge in [0.25, 0.3) is 0 Å². The van der Waals surface area contributed by atoms with Crippen LogP contribution in [-0.4, -0.2) is 21.6 Å². The Hall–Kier alpha value is -1.90. The summed E-state index contributed by atoms with van der Waals surface area (Å²) in [4.78, 5) is -0.508. The highest BCUT2D eigenvalue weighted by Gasteiger charge is 2.41. The molecule has 1 N–H and O–H groups in total. The molecule has 3 rings (SSSR count). The van der Waals surface area contributed by atoms with Crippen molar-refractivity contribution in [3.05, 3.63) is 65.0 Å². The molecular formula is C18H18F3NO3S. The largest absolute Gasteiger partial charge is 0.381 e. The van der Waals surface area contributed by atoms with E-state index < -0.39 is 37.9 Å². The highest BCUT2D eigenvalue weighted by atomic mass is 32.2. The number of sulfonamides is 1. The van der Waals surface area contributed by atoms with Gasteiger partial charge >= 0.3 is 0 Å². The molecule has 1 aliphatic heterocycles. The fraction of sp³-hybridized carbons (Fsp3) is 0.333. The zero-order chi connectivity index (χ0) is 18.9. The van der Waals surface area contributed by atoms with Gasteiger partial charge in [-0.3, -0.25) is 0 Å². The van der Waals surface area contributed by atoms with E-state index in [1.165, 1.54) is 18.2 Å². The molecule has 0 aliphatic carbocycles. The number of ether oxygens (including phenoxy) is 1. The molecule has 0 bridgehead atoms. The molecule has 2 aromatic carbocycles. The zero-order valence-electron chi connectivity index (χ0n) is 14.1. The van der Waals surface area contributed by atoms with Crippen LogP contribution in [0.1, 0.15) is 24.0 Å². The number of nitrogens with one attached hydrogen (secondary N) is 1. The lowest BCUT2D eigenvalue weighted by Gasteiger charge is -2.38. The van der Waals surface area contributed by atoms with E-state index in [0.29, 0.717) is 11.6 Å². The van der Waals surface area contributed by atoms with Gasteiger partial charge in [-0.05, 0) is 43.5 Å². The molecule has 1 aliphatic rings. The maximum atomic E-state index is 14.4.